The van der Waals surface area contributed by atoms with E-state index in [0.717, 1.165) is 31.4 Å². The zero-order chi connectivity index (χ0) is 33.8. The van der Waals surface area contributed by atoms with E-state index < -0.39 is 0 Å². The first-order valence-corrected chi connectivity index (χ1v) is 17.8. The van der Waals surface area contributed by atoms with E-state index in [0.29, 0.717) is 12.3 Å². The summed E-state index contributed by atoms with van der Waals surface area (Å²) in [6.07, 6.45) is 15.8. The van der Waals surface area contributed by atoms with Gasteiger partial charge in [-0.3, -0.25) is 4.79 Å². The van der Waals surface area contributed by atoms with Crippen LogP contribution in [0.2, 0.25) is 0 Å². The molecule has 7 rings (SSSR count). The van der Waals surface area contributed by atoms with E-state index in [9.17, 15) is 4.79 Å². The number of fused-ring (bicyclic) bond motifs is 6. The minimum Gasteiger partial charge on any atom is -0.337 e. The molecule has 1 unspecified atom stereocenters. The molecule has 4 aromatic carbocycles. The van der Waals surface area contributed by atoms with Gasteiger partial charge in [0.25, 0.3) is 0 Å². The summed E-state index contributed by atoms with van der Waals surface area (Å²) in [6, 6.07) is 26.4. The first kappa shape index (κ1) is 32.1. The van der Waals surface area contributed by atoms with Crippen molar-refractivity contribution in [3.05, 3.63) is 131 Å². The van der Waals surface area contributed by atoms with Gasteiger partial charge in [0.05, 0.1) is 12.0 Å². The van der Waals surface area contributed by atoms with E-state index in [1.54, 1.807) is 0 Å². The van der Waals surface area contributed by atoms with E-state index in [1.807, 2.05) is 0 Å². The fourth-order valence-corrected chi connectivity index (χ4v) is 8.45. The molecule has 3 heteroatoms. The number of hydrogen-bond donors (Lipinski definition) is 0. The quantitative estimate of drug-likeness (QED) is 0.189. The first-order chi connectivity index (χ1) is 23.0. The Balaban J connectivity index is 1.22. The van der Waals surface area contributed by atoms with Gasteiger partial charge in [-0.1, -0.05) is 101 Å². The zero-order valence-electron chi connectivity index (χ0n) is 29.7. The third-order valence-electron chi connectivity index (χ3n) is 11.3. The molecule has 1 atom stereocenters. The Labute approximate surface area is 286 Å². The van der Waals surface area contributed by atoms with E-state index >= 15 is 0 Å². The highest BCUT2D eigenvalue weighted by molar-refractivity contribution is 6.07. The van der Waals surface area contributed by atoms with Crippen LogP contribution in [0.3, 0.4) is 0 Å². The molecule has 3 aliphatic rings. The average Bonchev–Trinajstić information content (AvgIpc) is 3.43. The van der Waals surface area contributed by atoms with E-state index in [-0.39, 0.29) is 16.7 Å². The SMILES string of the molecule is CCC(C)C(=O)CN1/C(=C/C=C2C=C(/C=C/C3=[N+](C)c4ccc5ccccc5c4C3(C)C)CCC/2)C(C)(C)c2c1ccc1ccccc21. The average molecular weight is 634 g/mol. The normalized spacial score (nSPS) is 20.6. The highest BCUT2D eigenvalue weighted by Gasteiger charge is 2.44. The van der Waals surface area contributed by atoms with Crippen molar-refractivity contribution in [3.8, 4) is 0 Å². The van der Waals surface area contributed by atoms with Gasteiger partial charge in [0.1, 0.15) is 7.05 Å². The summed E-state index contributed by atoms with van der Waals surface area (Å²) in [4.78, 5) is 15.7. The van der Waals surface area contributed by atoms with Crippen LogP contribution in [-0.2, 0) is 15.6 Å². The molecule has 244 valence electrons. The van der Waals surface area contributed by atoms with Gasteiger partial charge < -0.3 is 4.90 Å². The van der Waals surface area contributed by atoms with Crippen LogP contribution < -0.4 is 4.90 Å². The molecule has 0 radical (unpaired) electrons. The Hall–Kier alpha value is -4.50. The molecular weight excluding hydrogens is 585 g/mol. The van der Waals surface area contributed by atoms with Gasteiger partial charge in [-0.15, -0.1) is 0 Å². The van der Waals surface area contributed by atoms with Crippen LogP contribution in [0.1, 0.15) is 78.4 Å². The number of anilines is 1. The predicted octanol–water partition coefficient (Wildman–Crippen LogP) is 10.9. The minimum absolute atomic E-state index is 0.0427. The summed E-state index contributed by atoms with van der Waals surface area (Å²) >= 11 is 0. The van der Waals surface area contributed by atoms with Gasteiger partial charge in [0.2, 0.25) is 5.69 Å². The number of rotatable bonds is 7. The van der Waals surface area contributed by atoms with Crippen molar-refractivity contribution in [2.24, 2.45) is 5.92 Å². The topological polar surface area (TPSA) is 23.3 Å². The molecule has 0 saturated carbocycles. The van der Waals surface area contributed by atoms with Crippen molar-refractivity contribution in [2.75, 3.05) is 18.5 Å². The number of ketones is 1. The number of carbonyl (C=O) groups excluding carboxylic acids is 1. The molecule has 4 aromatic rings. The molecule has 0 aromatic heterocycles. The maximum absolute atomic E-state index is 13.4. The third-order valence-corrected chi connectivity index (χ3v) is 11.3. The second-order valence-electron chi connectivity index (χ2n) is 15.1. The Morgan fingerprint density at radius 1 is 0.833 bits per heavy atom. The summed E-state index contributed by atoms with van der Waals surface area (Å²) in [6.45, 7) is 13.9. The van der Waals surface area contributed by atoms with E-state index in [1.165, 1.54) is 60.9 Å². The fourth-order valence-electron chi connectivity index (χ4n) is 8.45. The summed E-state index contributed by atoms with van der Waals surface area (Å²) in [5.41, 5.74) is 10.1. The zero-order valence-corrected chi connectivity index (χ0v) is 29.7. The molecule has 0 spiro atoms. The number of allylic oxidation sites excluding steroid dienone is 8. The van der Waals surface area contributed by atoms with Crippen molar-refractivity contribution < 1.29 is 9.37 Å². The van der Waals surface area contributed by atoms with Crippen molar-refractivity contribution in [1.82, 2.24) is 0 Å². The smallest absolute Gasteiger partial charge is 0.210 e. The highest BCUT2D eigenvalue weighted by Crippen LogP contribution is 2.51. The lowest BCUT2D eigenvalue weighted by molar-refractivity contribution is -0.401. The van der Waals surface area contributed by atoms with Crippen LogP contribution >= 0.6 is 0 Å². The molecule has 0 N–H and O–H groups in total. The fraction of sp³-hybridized carbons (Fsp3) is 0.333. The molecule has 1 aliphatic carbocycles. The van der Waals surface area contributed by atoms with Crippen molar-refractivity contribution in [2.45, 2.75) is 78.1 Å². The maximum atomic E-state index is 13.4. The maximum Gasteiger partial charge on any atom is 0.210 e. The highest BCUT2D eigenvalue weighted by atomic mass is 16.1. The molecule has 3 nitrogen and oxygen atoms in total. The molecule has 48 heavy (non-hydrogen) atoms. The largest absolute Gasteiger partial charge is 0.337 e. The molecule has 2 aliphatic heterocycles. The number of carbonyl (C=O) groups is 1. The monoisotopic (exact) mass is 633 g/mol. The number of benzene rings is 4. The van der Waals surface area contributed by atoms with Crippen LogP contribution in [-0.4, -0.2) is 29.7 Å². The minimum atomic E-state index is -0.238. The van der Waals surface area contributed by atoms with Crippen LogP contribution in [0.4, 0.5) is 11.4 Å². The Kier molecular flexibility index (Phi) is 8.14. The predicted molar refractivity (Wildman–Crippen MR) is 204 cm³/mol. The summed E-state index contributed by atoms with van der Waals surface area (Å²) in [5.74, 6) is 0.339. The molecule has 0 amide bonds. The summed E-state index contributed by atoms with van der Waals surface area (Å²) in [5, 5.41) is 5.16. The van der Waals surface area contributed by atoms with Crippen LogP contribution in [0.15, 0.2) is 120 Å². The lowest BCUT2D eigenvalue weighted by Gasteiger charge is -2.27. The molecule has 0 fully saturated rings. The summed E-state index contributed by atoms with van der Waals surface area (Å²) in [7, 11) is 2.21. The van der Waals surface area contributed by atoms with E-state index in [2.05, 4.69) is 161 Å². The van der Waals surface area contributed by atoms with Gasteiger partial charge in [-0.05, 0) is 96.0 Å². The number of Topliss-reactive ketones (excluding diaryl/α,β-unsaturated/α-hetero) is 1. The van der Waals surface area contributed by atoms with Crippen molar-refractivity contribution >= 4 is 44.4 Å². The number of hydrogen-bond acceptors (Lipinski definition) is 2. The van der Waals surface area contributed by atoms with Gasteiger partial charge in [-0.2, -0.15) is 4.58 Å². The second kappa shape index (κ2) is 12.2. The lowest BCUT2D eigenvalue weighted by atomic mass is 9.79. The Morgan fingerprint density at radius 2 is 1.50 bits per heavy atom. The molecule has 0 bridgehead atoms. The third kappa shape index (κ3) is 5.28. The first-order valence-electron chi connectivity index (χ1n) is 17.8. The van der Waals surface area contributed by atoms with Crippen LogP contribution in [0, 0.1) is 5.92 Å². The number of nitrogens with zero attached hydrogens (tertiary/aromatic N) is 2. The summed E-state index contributed by atoms with van der Waals surface area (Å²) < 4.78 is 2.38. The molecule has 0 saturated heterocycles. The van der Waals surface area contributed by atoms with Gasteiger partial charge in [0, 0.05) is 40.4 Å². The molecule has 2 heterocycles. The van der Waals surface area contributed by atoms with Gasteiger partial charge in [0.15, 0.2) is 11.5 Å². The lowest BCUT2D eigenvalue weighted by Crippen LogP contribution is -2.33. The van der Waals surface area contributed by atoms with E-state index in [4.69, 9.17) is 0 Å². The standard InChI is InChI=1S/C45H49N2O/c1-8-30(2)39(48)29-47-38-25-23-34-17-10-12-19-36(34)43(38)45(5,6)41(47)27-21-32-15-13-14-31(28-32)20-26-40-44(3,4)42-35-18-11-9-16-33(35)22-24-37(42)46(40)7/h9-12,16-28,30H,8,13-15,29H2,1-7H3/q+1. The van der Waals surface area contributed by atoms with Crippen LogP contribution in [0.25, 0.3) is 21.5 Å². The molecular formula is C45H49N2O+. The van der Waals surface area contributed by atoms with Gasteiger partial charge in [-0.25, -0.2) is 0 Å². The van der Waals surface area contributed by atoms with Crippen molar-refractivity contribution in [3.63, 3.8) is 0 Å². The second-order valence-corrected chi connectivity index (χ2v) is 15.1. The Bertz CT molecular complexity index is 2120. The van der Waals surface area contributed by atoms with Crippen molar-refractivity contribution in [1.29, 1.82) is 0 Å². The Morgan fingerprint density at radius 3 is 2.21 bits per heavy atom. The van der Waals surface area contributed by atoms with Crippen LogP contribution in [0.5, 0.6) is 0 Å². The van der Waals surface area contributed by atoms with Gasteiger partial charge >= 0.3 is 0 Å².